The number of phenolic OH excluding ortho intramolecular Hbond substituents is 1. The number of aliphatic hydroxyl groups excluding tert-OH is 2. The minimum Gasteiger partial charge on any atom is -0.511 e. The molecule has 4 aliphatic rings. The third kappa shape index (κ3) is 3.93. The van der Waals surface area contributed by atoms with Crippen LogP contribution in [0.3, 0.4) is 0 Å². The second-order valence-electron chi connectivity index (χ2n) is 12.0. The van der Waals surface area contributed by atoms with Crippen LogP contribution in [-0.4, -0.2) is 43.4 Å². The van der Waals surface area contributed by atoms with Crippen molar-refractivity contribution in [2.45, 2.75) is 70.3 Å². The van der Waals surface area contributed by atoms with Crippen LogP contribution in [0, 0.1) is 17.8 Å². The van der Waals surface area contributed by atoms with Gasteiger partial charge in [-0.3, -0.25) is 14.4 Å². The third-order valence-electron chi connectivity index (χ3n) is 9.56. The molecule has 6 rings (SSSR count). The molecule has 0 bridgehead atoms. The summed E-state index contributed by atoms with van der Waals surface area (Å²) in [5, 5.41) is 45.0. The Kier molecular flexibility index (Phi) is 6.45. The Morgan fingerprint density at radius 1 is 1.00 bits per heavy atom. The van der Waals surface area contributed by atoms with Gasteiger partial charge in [-0.25, -0.2) is 0 Å². The average molecular weight is 543 g/mol. The standard InChI is InChI=1S/C33H34O7/c1-17(34)26-25(35)16-22-13-20-14-24-23(19-10-6-3-7-11-19)15-21(12-18-8-4-2-5-9-18)29(36)28(24)30(37)27(20)32(39)33(22,40)31(26)38/h3,6-7,10-11,15,18,20,22,35-36,39-40H,2,4-5,8-9,12-14,16H2,1H3/t20-,22+,33-/m0/s1. The molecular weight excluding hydrogens is 508 g/mol. The summed E-state index contributed by atoms with van der Waals surface area (Å²) in [5.41, 5.74) is 0.131. The van der Waals surface area contributed by atoms with Gasteiger partial charge in [0.1, 0.15) is 22.8 Å². The van der Waals surface area contributed by atoms with E-state index in [1.54, 1.807) is 0 Å². The van der Waals surface area contributed by atoms with Crippen LogP contribution in [0.5, 0.6) is 5.75 Å². The number of fused-ring (bicyclic) bond motifs is 3. The number of benzene rings is 2. The second-order valence-corrected chi connectivity index (χ2v) is 12.0. The molecule has 3 atom stereocenters. The molecule has 0 heterocycles. The first-order chi connectivity index (χ1) is 19.1. The molecule has 0 aliphatic heterocycles. The molecule has 4 N–H and O–H groups in total. The van der Waals surface area contributed by atoms with Crippen molar-refractivity contribution in [1.82, 2.24) is 0 Å². The molecule has 2 aromatic carbocycles. The molecule has 0 spiro atoms. The molecule has 0 saturated heterocycles. The molecule has 4 aliphatic carbocycles. The first-order valence-corrected chi connectivity index (χ1v) is 14.2. The molecule has 0 amide bonds. The maximum absolute atomic E-state index is 14.2. The van der Waals surface area contributed by atoms with Gasteiger partial charge < -0.3 is 20.4 Å². The van der Waals surface area contributed by atoms with Gasteiger partial charge in [-0.1, -0.05) is 62.4 Å². The number of allylic oxidation sites excluding steroid dienone is 2. The fourth-order valence-corrected chi connectivity index (χ4v) is 7.58. The summed E-state index contributed by atoms with van der Waals surface area (Å²) < 4.78 is 0. The summed E-state index contributed by atoms with van der Waals surface area (Å²) in [6.45, 7) is 1.11. The van der Waals surface area contributed by atoms with Gasteiger partial charge in [0.2, 0.25) is 5.78 Å². The third-order valence-corrected chi connectivity index (χ3v) is 9.56. The molecular formula is C33H34O7. The highest BCUT2D eigenvalue weighted by Crippen LogP contribution is 2.53. The van der Waals surface area contributed by atoms with Crippen LogP contribution >= 0.6 is 0 Å². The van der Waals surface area contributed by atoms with E-state index >= 15 is 0 Å². The molecule has 7 nitrogen and oxygen atoms in total. The largest absolute Gasteiger partial charge is 0.511 e. The Hall–Kier alpha value is -3.71. The molecule has 7 heteroatoms. The van der Waals surface area contributed by atoms with Gasteiger partial charge in [-0.05, 0) is 66.3 Å². The quantitative estimate of drug-likeness (QED) is 0.377. The van der Waals surface area contributed by atoms with Gasteiger partial charge in [0.05, 0.1) is 5.56 Å². The predicted octanol–water partition coefficient (Wildman–Crippen LogP) is 5.47. The van der Waals surface area contributed by atoms with Gasteiger partial charge in [-0.15, -0.1) is 0 Å². The smallest absolute Gasteiger partial charge is 0.209 e. The first kappa shape index (κ1) is 26.5. The van der Waals surface area contributed by atoms with Crippen LogP contribution in [-0.2, 0) is 22.4 Å². The summed E-state index contributed by atoms with van der Waals surface area (Å²) in [4.78, 5) is 39.6. The normalized spacial score (nSPS) is 26.9. The van der Waals surface area contributed by atoms with E-state index in [4.69, 9.17) is 0 Å². The average Bonchev–Trinajstić information content (AvgIpc) is 2.93. The Labute approximate surface area is 232 Å². The number of Topliss-reactive ketones (excluding diaryl/α,β-unsaturated/α-hetero) is 3. The lowest BCUT2D eigenvalue weighted by Crippen LogP contribution is -2.56. The molecule has 0 radical (unpaired) electrons. The summed E-state index contributed by atoms with van der Waals surface area (Å²) in [6, 6.07) is 11.7. The van der Waals surface area contributed by atoms with Crippen molar-refractivity contribution >= 4 is 17.3 Å². The summed E-state index contributed by atoms with van der Waals surface area (Å²) >= 11 is 0. The SMILES string of the molecule is CC(=O)C1=C(O)C[C@H]2C[C@H]3Cc4c(-c5ccccc5)cc(CC5CCCCC5)c(O)c4C(=O)C3=C(O)[C@@]2(O)C1=O. The van der Waals surface area contributed by atoms with E-state index in [0.29, 0.717) is 29.9 Å². The molecule has 2 aromatic rings. The highest BCUT2D eigenvalue weighted by Gasteiger charge is 2.59. The van der Waals surface area contributed by atoms with Crippen molar-refractivity contribution in [2.75, 3.05) is 0 Å². The lowest BCUT2D eigenvalue weighted by molar-refractivity contribution is -0.144. The van der Waals surface area contributed by atoms with E-state index in [1.807, 2.05) is 36.4 Å². The lowest BCUT2D eigenvalue weighted by atomic mass is 9.59. The number of carbonyl (C=O) groups excluding carboxylic acids is 3. The summed E-state index contributed by atoms with van der Waals surface area (Å²) in [5.74, 6) is -4.70. The zero-order chi connectivity index (χ0) is 28.3. The molecule has 208 valence electrons. The molecule has 1 fully saturated rings. The number of carbonyl (C=O) groups is 3. The topological polar surface area (TPSA) is 132 Å². The second kappa shape index (κ2) is 9.73. The van der Waals surface area contributed by atoms with Crippen LogP contribution in [0.1, 0.15) is 73.4 Å². The van der Waals surface area contributed by atoms with Crippen molar-refractivity contribution in [3.8, 4) is 16.9 Å². The van der Waals surface area contributed by atoms with Crippen molar-refractivity contribution < 1.29 is 34.8 Å². The Balaban J connectivity index is 1.51. The summed E-state index contributed by atoms with van der Waals surface area (Å²) in [7, 11) is 0. The Morgan fingerprint density at radius 2 is 1.70 bits per heavy atom. The fourth-order valence-electron chi connectivity index (χ4n) is 7.58. The van der Waals surface area contributed by atoms with Crippen molar-refractivity contribution in [1.29, 1.82) is 0 Å². The maximum atomic E-state index is 14.2. The van der Waals surface area contributed by atoms with Gasteiger partial charge in [-0.2, -0.15) is 0 Å². The van der Waals surface area contributed by atoms with E-state index in [-0.39, 0.29) is 29.7 Å². The fraction of sp³-hybridized carbons (Fsp3) is 0.424. The van der Waals surface area contributed by atoms with E-state index in [9.17, 15) is 34.8 Å². The van der Waals surface area contributed by atoms with Gasteiger partial charge >= 0.3 is 0 Å². The highest BCUT2D eigenvalue weighted by atomic mass is 16.3. The van der Waals surface area contributed by atoms with Crippen LogP contribution in [0.25, 0.3) is 11.1 Å². The molecule has 1 saturated carbocycles. The van der Waals surface area contributed by atoms with Gasteiger partial charge in [0.25, 0.3) is 0 Å². The zero-order valence-electron chi connectivity index (χ0n) is 22.6. The van der Waals surface area contributed by atoms with E-state index < -0.39 is 51.9 Å². The zero-order valence-corrected chi connectivity index (χ0v) is 22.6. The predicted molar refractivity (Wildman–Crippen MR) is 148 cm³/mol. The number of hydrogen-bond donors (Lipinski definition) is 4. The van der Waals surface area contributed by atoms with Crippen LogP contribution in [0.2, 0.25) is 0 Å². The number of aromatic hydroxyl groups is 1. The Morgan fingerprint density at radius 3 is 2.38 bits per heavy atom. The maximum Gasteiger partial charge on any atom is 0.209 e. The molecule has 40 heavy (non-hydrogen) atoms. The van der Waals surface area contributed by atoms with Crippen LogP contribution < -0.4 is 0 Å². The first-order valence-electron chi connectivity index (χ1n) is 14.2. The van der Waals surface area contributed by atoms with Gasteiger partial charge in [0.15, 0.2) is 17.2 Å². The van der Waals surface area contributed by atoms with Crippen molar-refractivity contribution in [3.05, 3.63) is 75.8 Å². The molecule has 0 aromatic heterocycles. The number of ketones is 3. The lowest BCUT2D eigenvalue weighted by Gasteiger charge is -2.46. The number of phenols is 1. The highest BCUT2D eigenvalue weighted by molar-refractivity contribution is 6.25. The molecule has 0 unspecified atom stereocenters. The van der Waals surface area contributed by atoms with Crippen LogP contribution in [0.4, 0.5) is 0 Å². The monoisotopic (exact) mass is 542 g/mol. The number of aliphatic hydroxyl groups is 3. The minimum absolute atomic E-state index is 0.0898. The Bertz CT molecular complexity index is 1490. The van der Waals surface area contributed by atoms with Gasteiger partial charge in [0, 0.05) is 17.9 Å². The van der Waals surface area contributed by atoms with Crippen LogP contribution in [0.15, 0.2) is 59.1 Å². The number of rotatable bonds is 4. The minimum atomic E-state index is -2.48. The number of hydrogen-bond acceptors (Lipinski definition) is 7. The van der Waals surface area contributed by atoms with E-state index in [0.717, 1.165) is 43.7 Å². The van der Waals surface area contributed by atoms with Crippen molar-refractivity contribution in [3.63, 3.8) is 0 Å². The summed E-state index contributed by atoms with van der Waals surface area (Å²) in [6.07, 6.45) is 6.56. The van der Waals surface area contributed by atoms with E-state index in [1.165, 1.54) is 6.42 Å². The van der Waals surface area contributed by atoms with Crippen molar-refractivity contribution in [2.24, 2.45) is 17.8 Å². The van der Waals surface area contributed by atoms with E-state index in [2.05, 4.69) is 0 Å².